The van der Waals surface area contributed by atoms with Crippen LogP contribution in [-0.4, -0.2) is 93.0 Å². The predicted octanol–water partition coefficient (Wildman–Crippen LogP) is -2.34. The monoisotopic (exact) mass is 372 g/mol. The number of rotatable bonds is 7. The normalized spacial score (nSPS) is 27.8. The molecule has 0 saturated carbocycles. The van der Waals surface area contributed by atoms with Crippen LogP contribution in [0.25, 0.3) is 0 Å². The number of quaternary nitrogens is 1. The second-order valence-electron chi connectivity index (χ2n) is 6.86. The van der Waals surface area contributed by atoms with Crippen LogP contribution in [-0.2, 0) is 24.7 Å². The summed E-state index contributed by atoms with van der Waals surface area (Å²) < 4.78 is 57.7. The van der Waals surface area contributed by atoms with Gasteiger partial charge in [-0.25, -0.2) is 16.8 Å². The van der Waals surface area contributed by atoms with Crippen LogP contribution >= 0.6 is 0 Å². The van der Waals surface area contributed by atoms with Gasteiger partial charge in [0.05, 0.1) is 56.0 Å². The molecular weight excluding hydrogens is 348 g/mol. The van der Waals surface area contributed by atoms with Crippen LogP contribution in [0.5, 0.6) is 0 Å². The summed E-state index contributed by atoms with van der Waals surface area (Å²) in [7, 11) is -4.94. The topological polar surface area (TPSA) is 141 Å². The van der Waals surface area contributed by atoms with Gasteiger partial charge in [0.2, 0.25) is 5.91 Å². The number of aliphatic hydroxyl groups is 1. The molecular formula is C12H24N2O7S2. The highest BCUT2D eigenvalue weighted by Crippen LogP contribution is 2.28. The number of carbonyl (C=O) groups is 1. The Morgan fingerprint density at radius 3 is 2.43 bits per heavy atom. The molecule has 9 nitrogen and oxygen atoms in total. The molecule has 2 N–H and O–H groups in total. The highest BCUT2D eigenvalue weighted by atomic mass is 32.2. The average Bonchev–Trinajstić information content (AvgIpc) is 2.56. The summed E-state index contributed by atoms with van der Waals surface area (Å²) >= 11 is 0. The lowest BCUT2D eigenvalue weighted by atomic mass is 10.0. The van der Waals surface area contributed by atoms with E-state index in [4.69, 9.17) is 5.11 Å². The van der Waals surface area contributed by atoms with Crippen molar-refractivity contribution in [3.63, 3.8) is 0 Å². The van der Waals surface area contributed by atoms with Gasteiger partial charge in [-0.15, -0.1) is 0 Å². The minimum atomic E-state index is -4.86. The summed E-state index contributed by atoms with van der Waals surface area (Å²) in [6.07, 6.45) is 0.0221. The molecule has 2 atom stereocenters. The van der Waals surface area contributed by atoms with Crippen molar-refractivity contribution in [2.24, 2.45) is 0 Å². The van der Waals surface area contributed by atoms with E-state index in [0.29, 0.717) is 17.6 Å². The third-order valence-electron chi connectivity index (χ3n) is 4.06. The summed E-state index contributed by atoms with van der Waals surface area (Å²) in [5, 5.41) is 9.66. The van der Waals surface area contributed by atoms with Gasteiger partial charge in [0.15, 0.2) is 9.84 Å². The molecule has 0 spiro atoms. The molecule has 1 rings (SSSR count). The Bertz CT molecular complexity index is 657. The second kappa shape index (κ2) is 6.63. The first-order valence-electron chi connectivity index (χ1n) is 7.10. The van der Waals surface area contributed by atoms with Crippen LogP contribution in [0.4, 0.5) is 0 Å². The number of amides is 1. The number of nitrogens with zero attached hydrogens (tertiary/aromatic N) is 1. The molecule has 0 bridgehead atoms. The van der Waals surface area contributed by atoms with Gasteiger partial charge in [-0.05, 0) is 6.92 Å². The minimum Gasteiger partial charge on any atom is -0.748 e. The molecule has 11 heteroatoms. The summed E-state index contributed by atoms with van der Waals surface area (Å²) in [5.74, 6) is -1.88. The number of nitrogens with one attached hydrogen (secondary N) is 1. The van der Waals surface area contributed by atoms with Gasteiger partial charge in [-0.2, -0.15) is 0 Å². The van der Waals surface area contributed by atoms with Crippen molar-refractivity contribution in [2.45, 2.75) is 24.1 Å². The van der Waals surface area contributed by atoms with Crippen LogP contribution in [0.15, 0.2) is 0 Å². The van der Waals surface area contributed by atoms with E-state index in [0.717, 1.165) is 0 Å². The van der Waals surface area contributed by atoms with Gasteiger partial charge in [0.25, 0.3) is 0 Å². The maximum Gasteiger partial charge on any atom is 0.226 e. The summed E-state index contributed by atoms with van der Waals surface area (Å²) in [5.41, 5.74) is -1.62. The third kappa shape index (κ3) is 5.68. The van der Waals surface area contributed by atoms with Crippen molar-refractivity contribution < 1.29 is 35.8 Å². The molecule has 0 unspecified atom stereocenters. The van der Waals surface area contributed by atoms with E-state index < -0.39 is 48.2 Å². The molecule has 1 saturated heterocycles. The fourth-order valence-corrected chi connectivity index (χ4v) is 7.02. The van der Waals surface area contributed by atoms with E-state index in [1.165, 1.54) is 6.92 Å². The fourth-order valence-electron chi connectivity index (χ4n) is 2.71. The fraction of sp³-hybridized carbons (Fsp3) is 0.917. The van der Waals surface area contributed by atoms with Crippen molar-refractivity contribution >= 4 is 25.9 Å². The molecule has 0 aromatic rings. The first kappa shape index (κ1) is 20.3. The SMILES string of the molecule is C[C@@]1(NC(=O)CC[N+](C)(C)CCO)CS(=O)(=O)C[C@@H]1S(=O)(=O)[O-]. The van der Waals surface area contributed by atoms with Gasteiger partial charge in [-0.3, -0.25) is 4.79 Å². The maximum absolute atomic E-state index is 12.1. The molecule has 1 amide bonds. The molecule has 0 aromatic heterocycles. The summed E-state index contributed by atoms with van der Waals surface area (Å²) in [6, 6.07) is 0. The van der Waals surface area contributed by atoms with Gasteiger partial charge >= 0.3 is 0 Å². The van der Waals surface area contributed by atoms with E-state index >= 15 is 0 Å². The van der Waals surface area contributed by atoms with Gasteiger partial charge in [-0.1, -0.05) is 0 Å². The molecule has 1 fully saturated rings. The van der Waals surface area contributed by atoms with E-state index in [2.05, 4.69) is 5.32 Å². The third-order valence-corrected chi connectivity index (χ3v) is 7.53. The lowest BCUT2D eigenvalue weighted by Gasteiger charge is -2.33. The van der Waals surface area contributed by atoms with Crippen LogP contribution < -0.4 is 5.32 Å². The minimum absolute atomic E-state index is 0.0221. The highest BCUT2D eigenvalue weighted by Gasteiger charge is 2.51. The van der Waals surface area contributed by atoms with E-state index in [9.17, 15) is 26.2 Å². The van der Waals surface area contributed by atoms with Crippen LogP contribution in [0, 0.1) is 0 Å². The van der Waals surface area contributed by atoms with Crippen molar-refractivity contribution in [1.82, 2.24) is 5.32 Å². The number of hydrogen-bond donors (Lipinski definition) is 2. The quantitative estimate of drug-likeness (QED) is 0.377. The molecule has 1 aliphatic rings. The lowest BCUT2D eigenvalue weighted by molar-refractivity contribution is -0.890. The Labute approximate surface area is 136 Å². The Morgan fingerprint density at radius 1 is 1.39 bits per heavy atom. The Kier molecular flexibility index (Phi) is 5.85. The molecule has 136 valence electrons. The maximum atomic E-state index is 12.1. The van der Waals surface area contributed by atoms with Crippen molar-refractivity contribution in [3.05, 3.63) is 0 Å². The van der Waals surface area contributed by atoms with Gasteiger partial charge < -0.3 is 19.5 Å². The average molecular weight is 372 g/mol. The van der Waals surface area contributed by atoms with Crippen molar-refractivity contribution in [2.75, 3.05) is 45.3 Å². The van der Waals surface area contributed by atoms with E-state index in [-0.39, 0.29) is 13.0 Å². The molecule has 0 radical (unpaired) electrons. The predicted molar refractivity (Wildman–Crippen MR) is 82.2 cm³/mol. The largest absolute Gasteiger partial charge is 0.748 e. The zero-order chi connectivity index (χ0) is 18.1. The van der Waals surface area contributed by atoms with Crippen LogP contribution in [0.1, 0.15) is 13.3 Å². The summed E-state index contributed by atoms with van der Waals surface area (Å²) in [6.45, 7) is 2.05. The molecule has 0 aromatic carbocycles. The lowest BCUT2D eigenvalue weighted by Crippen LogP contribution is -2.57. The number of aliphatic hydroxyl groups excluding tert-OH is 1. The molecule has 1 aliphatic heterocycles. The summed E-state index contributed by atoms with van der Waals surface area (Å²) in [4.78, 5) is 12.1. The molecule has 23 heavy (non-hydrogen) atoms. The standard InChI is InChI=1S/C12H24N2O7S2/c1-12(9-22(17,18)8-10(12)23(19,20)21)13-11(16)4-5-14(2,3)6-7-15/h10,15H,4-9H2,1-3H3,(H-,13,16,19,20,21)/t10-,12+/m0/s1. The van der Waals surface area contributed by atoms with Crippen molar-refractivity contribution in [1.29, 1.82) is 0 Å². The van der Waals surface area contributed by atoms with E-state index in [1.807, 2.05) is 14.1 Å². The van der Waals surface area contributed by atoms with Gasteiger partial charge in [0.1, 0.15) is 16.7 Å². The Hall–Kier alpha value is -0.750. The highest BCUT2D eigenvalue weighted by molar-refractivity contribution is 7.94. The van der Waals surface area contributed by atoms with Gasteiger partial charge in [0, 0.05) is 0 Å². The number of carbonyl (C=O) groups excluding carboxylic acids is 1. The smallest absolute Gasteiger partial charge is 0.226 e. The van der Waals surface area contributed by atoms with Crippen molar-refractivity contribution in [3.8, 4) is 0 Å². The van der Waals surface area contributed by atoms with E-state index in [1.54, 1.807) is 0 Å². The molecule has 1 heterocycles. The van der Waals surface area contributed by atoms with Crippen LogP contribution in [0.2, 0.25) is 0 Å². The first-order chi connectivity index (χ1) is 10.2. The first-order valence-corrected chi connectivity index (χ1v) is 10.4. The number of likely N-dealkylation sites (N-methyl/N-ethyl adjacent to an activating group) is 1. The zero-order valence-corrected chi connectivity index (χ0v) is 15.1. The Balaban J connectivity index is 2.82. The zero-order valence-electron chi connectivity index (χ0n) is 13.5. The number of hydrogen-bond acceptors (Lipinski definition) is 7. The van der Waals surface area contributed by atoms with Crippen LogP contribution in [0.3, 0.4) is 0 Å². The molecule has 0 aliphatic carbocycles. The number of sulfone groups is 1. The Morgan fingerprint density at radius 2 is 1.96 bits per heavy atom. The second-order valence-corrected chi connectivity index (χ2v) is 10.5.